The van der Waals surface area contributed by atoms with Crippen molar-refractivity contribution in [1.29, 1.82) is 0 Å². The zero-order valence-corrected chi connectivity index (χ0v) is 13.1. The molecular weight excluding hydrogens is 272 g/mol. The highest BCUT2D eigenvalue weighted by Crippen LogP contribution is 2.17. The Bertz CT molecular complexity index is 467. The summed E-state index contributed by atoms with van der Waals surface area (Å²) in [7, 11) is 0. The maximum absolute atomic E-state index is 12.6. The molecule has 0 bridgehead atoms. The van der Waals surface area contributed by atoms with E-state index < -0.39 is 0 Å². The molecule has 0 saturated carbocycles. The molecule has 1 aliphatic rings. The molecule has 1 aromatic rings. The van der Waals surface area contributed by atoms with Crippen molar-refractivity contribution in [3.8, 4) is 0 Å². The van der Waals surface area contributed by atoms with Crippen LogP contribution in [0.15, 0.2) is 4.52 Å². The summed E-state index contributed by atoms with van der Waals surface area (Å²) in [6.07, 6.45) is 0. The fourth-order valence-corrected chi connectivity index (χ4v) is 2.16. The van der Waals surface area contributed by atoms with Gasteiger partial charge in [0.2, 0.25) is 5.91 Å². The Morgan fingerprint density at radius 3 is 2.43 bits per heavy atom. The summed E-state index contributed by atoms with van der Waals surface area (Å²) in [6, 6.07) is -0.0671. The summed E-state index contributed by atoms with van der Waals surface area (Å²) in [6.45, 7) is 10.4. The molecule has 2 heterocycles. The van der Waals surface area contributed by atoms with Gasteiger partial charge in [0, 0.05) is 19.0 Å². The average Bonchev–Trinajstić information content (AvgIpc) is 2.93. The molecule has 1 N–H and O–H groups in total. The molecule has 0 aromatic carbocycles. The highest BCUT2D eigenvalue weighted by Gasteiger charge is 2.29. The van der Waals surface area contributed by atoms with E-state index in [1.807, 2.05) is 32.6 Å². The van der Waals surface area contributed by atoms with Gasteiger partial charge in [0.05, 0.1) is 13.2 Å². The van der Waals surface area contributed by atoms with Gasteiger partial charge in [-0.1, -0.05) is 32.9 Å². The number of morpholine rings is 1. The summed E-state index contributed by atoms with van der Waals surface area (Å²) >= 11 is 0. The van der Waals surface area contributed by atoms with Crippen molar-refractivity contribution >= 4 is 11.9 Å². The van der Waals surface area contributed by atoms with E-state index in [2.05, 4.69) is 15.5 Å². The number of rotatable bonds is 5. The van der Waals surface area contributed by atoms with Crippen LogP contribution in [0.2, 0.25) is 0 Å². The lowest BCUT2D eigenvalue weighted by atomic mass is 10.0. The van der Waals surface area contributed by atoms with Gasteiger partial charge in [0.1, 0.15) is 6.04 Å². The van der Waals surface area contributed by atoms with Crippen molar-refractivity contribution < 1.29 is 14.1 Å². The predicted molar refractivity (Wildman–Crippen MR) is 78.0 cm³/mol. The number of anilines is 1. The molecule has 0 spiro atoms. The zero-order valence-electron chi connectivity index (χ0n) is 13.1. The molecule has 1 unspecified atom stereocenters. The molecule has 118 valence electrons. The molecule has 1 aromatic heterocycles. The third-order valence-corrected chi connectivity index (χ3v) is 3.49. The molecule has 0 aliphatic carbocycles. The molecule has 1 atom stereocenters. The number of aromatic nitrogens is 2. The minimum Gasteiger partial charge on any atom is -0.378 e. The highest BCUT2D eigenvalue weighted by atomic mass is 16.5. The number of amides is 1. The normalized spacial score (nSPS) is 17.3. The Morgan fingerprint density at radius 1 is 1.24 bits per heavy atom. The van der Waals surface area contributed by atoms with Crippen LogP contribution in [-0.2, 0) is 9.53 Å². The minimum atomic E-state index is -0.372. The van der Waals surface area contributed by atoms with Crippen LogP contribution in [0.5, 0.6) is 0 Å². The van der Waals surface area contributed by atoms with E-state index in [0.29, 0.717) is 38.1 Å². The van der Waals surface area contributed by atoms with Gasteiger partial charge in [-0.2, -0.15) is 4.98 Å². The van der Waals surface area contributed by atoms with Crippen molar-refractivity contribution in [2.45, 2.75) is 39.7 Å². The Balaban J connectivity index is 2.05. The van der Waals surface area contributed by atoms with Crippen LogP contribution < -0.4 is 5.32 Å². The number of ether oxygens (including phenoxy) is 1. The Kier molecular flexibility index (Phi) is 5.17. The van der Waals surface area contributed by atoms with Gasteiger partial charge in [-0.15, -0.1) is 0 Å². The number of nitrogens with zero attached hydrogens (tertiary/aromatic N) is 3. The first kappa shape index (κ1) is 15.8. The number of carbonyl (C=O) groups is 1. The lowest BCUT2D eigenvalue weighted by Gasteiger charge is -2.31. The van der Waals surface area contributed by atoms with Gasteiger partial charge in [0.15, 0.2) is 5.82 Å². The Labute approximate surface area is 125 Å². The second-order valence-corrected chi connectivity index (χ2v) is 5.92. The van der Waals surface area contributed by atoms with Crippen LogP contribution in [0, 0.1) is 5.92 Å². The molecule has 7 nitrogen and oxygen atoms in total. The maximum atomic E-state index is 12.6. The van der Waals surface area contributed by atoms with Crippen LogP contribution in [-0.4, -0.2) is 53.3 Å². The molecule has 21 heavy (non-hydrogen) atoms. The summed E-state index contributed by atoms with van der Waals surface area (Å²) in [5.41, 5.74) is 0. The standard InChI is InChI=1S/C14H24N4O3/c1-9(2)11(13(19)18-5-7-20-8-6-18)15-14-16-12(10(3)4)17-21-14/h9-11H,5-8H2,1-4H3,(H,15,16,17). The topological polar surface area (TPSA) is 80.5 Å². The fraction of sp³-hybridized carbons (Fsp3) is 0.786. The molecule has 1 amide bonds. The van der Waals surface area contributed by atoms with Gasteiger partial charge in [-0.05, 0) is 5.92 Å². The Hall–Kier alpha value is -1.63. The molecule has 1 aliphatic heterocycles. The quantitative estimate of drug-likeness (QED) is 0.886. The number of carbonyl (C=O) groups excluding carboxylic acids is 1. The number of hydrogen-bond donors (Lipinski definition) is 1. The molecule has 0 radical (unpaired) electrons. The van der Waals surface area contributed by atoms with Crippen LogP contribution in [0.25, 0.3) is 0 Å². The summed E-state index contributed by atoms with van der Waals surface area (Å²) in [4.78, 5) is 18.7. The summed E-state index contributed by atoms with van der Waals surface area (Å²) in [5.74, 6) is 1.00. The van der Waals surface area contributed by atoms with E-state index in [1.165, 1.54) is 0 Å². The molecule has 7 heteroatoms. The molecule has 1 saturated heterocycles. The second-order valence-electron chi connectivity index (χ2n) is 5.92. The van der Waals surface area contributed by atoms with Crippen LogP contribution in [0.3, 0.4) is 0 Å². The van der Waals surface area contributed by atoms with E-state index in [4.69, 9.17) is 9.26 Å². The van der Waals surface area contributed by atoms with Crippen molar-refractivity contribution in [2.24, 2.45) is 5.92 Å². The van der Waals surface area contributed by atoms with Crippen LogP contribution >= 0.6 is 0 Å². The van der Waals surface area contributed by atoms with Crippen molar-refractivity contribution in [3.63, 3.8) is 0 Å². The summed E-state index contributed by atoms with van der Waals surface area (Å²) < 4.78 is 10.5. The third-order valence-electron chi connectivity index (χ3n) is 3.49. The second kappa shape index (κ2) is 6.89. The number of hydrogen-bond acceptors (Lipinski definition) is 6. The predicted octanol–water partition coefficient (Wildman–Crippen LogP) is 1.49. The highest BCUT2D eigenvalue weighted by molar-refractivity contribution is 5.84. The smallest absolute Gasteiger partial charge is 0.322 e. The fourth-order valence-electron chi connectivity index (χ4n) is 2.16. The first-order valence-electron chi connectivity index (χ1n) is 7.45. The van der Waals surface area contributed by atoms with Gasteiger partial charge in [-0.25, -0.2) is 0 Å². The van der Waals surface area contributed by atoms with Crippen LogP contribution in [0.4, 0.5) is 6.01 Å². The maximum Gasteiger partial charge on any atom is 0.322 e. The molecule has 1 fully saturated rings. The van der Waals surface area contributed by atoms with E-state index in [-0.39, 0.29) is 23.8 Å². The van der Waals surface area contributed by atoms with E-state index in [0.717, 1.165) is 0 Å². The number of nitrogens with one attached hydrogen (secondary N) is 1. The van der Waals surface area contributed by atoms with Gasteiger partial charge < -0.3 is 19.5 Å². The summed E-state index contributed by atoms with van der Waals surface area (Å²) in [5, 5.41) is 6.98. The van der Waals surface area contributed by atoms with Gasteiger partial charge >= 0.3 is 6.01 Å². The van der Waals surface area contributed by atoms with Gasteiger partial charge in [0.25, 0.3) is 0 Å². The van der Waals surface area contributed by atoms with Crippen molar-refractivity contribution in [3.05, 3.63) is 5.82 Å². The Morgan fingerprint density at radius 2 is 1.90 bits per heavy atom. The monoisotopic (exact) mass is 296 g/mol. The zero-order chi connectivity index (χ0) is 15.4. The van der Waals surface area contributed by atoms with Gasteiger partial charge in [-0.3, -0.25) is 4.79 Å². The molecule has 2 rings (SSSR count). The van der Waals surface area contributed by atoms with E-state index in [1.54, 1.807) is 0 Å². The minimum absolute atomic E-state index is 0.0533. The van der Waals surface area contributed by atoms with E-state index >= 15 is 0 Å². The van der Waals surface area contributed by atoms with Crippen LogP contribution in [0.1, 0.15) is 39.4 Å². The molecular formula is C14H24N4O3. The van der Waals surface area contributed by atoms with Crippen molar-refractivity contribution in [1.82, 2.24) is 15.0 Å². The third kappa shape index (κ3) is 3.93. The average molecular weight is 296 g/mol. The lowest BCUT2D eigenvalue weighted by molar-refractivity contribution is -0.137. The first-order valence-corrected chi connectivity index (χ1v) is 7.45. The van der Waals surface area contributed by atoms with E-state index in [9.17, 15) is 4.79 Å². The SMILES string of the molecule is CC(C)c1noc(NC(C(=O)N2CCOCC2)C(C)C)n1. The lowest BCUT2D eigenvalue weighted by Crippen LogP contribution is -2.49. The van der Waals surface area contributed by atoms with Crippen molar-refractivity contribution in [2.75, 3.05) is 31.6 Å². The largest absolute Gasteiger partial charge is 0.378 e. The first-order chi connectivity index (χ1) is 9.99.